The molecule has 0 unspecified atom stereocenters. The first kappa shape index (κ1) is 11.0. The Morgan fingerprint density at radius 2 is 2.17 bits per heavy atom. The zero-order valence-corrected chi connectivity index (χ0v) is 10.2. The summed E-state index contributed by atoms with van der Waals surface area (Å²) in [5.41, 5.74) is 2.06. The molecule has 3 aromatic rings. The summed E-state index contributed by atoms with van der Waals surface area (Å²) in [6.45, 7) is 3.80. The highest BCUT2D eigenvalue weighted by atomic mass is 15.3. The van der Waals surface area contributed by atoms with Crippen molar-refractivity contribution >= 4 is 5.65 Å². The van der Waals surface area contributed by atoms with Gasteiger partial charge in [-0.1, -0.05) is 13.0 Å². The number of nitrogens with one attached hydrogen (secondary N) is 1. The minimum Gasteiger partial charge on any atom is -0.311 e. The largest absolute Gasteiger partial charge is 0.311 e. The lowest BCUT2D eigenvalue weighted by atomic mass is 10.4. The zero-order valence-electron chi connectivity index (χ0n) is 10.2. The molecule has 0 spiro atoms. The molecule has 0 bridgehead atoms. The Labute approximate surface area is 105 Å². The Bertz CT molecular complexity index is 639. The van der Waals surface area contributed by atoms with Gasteiger partial charge in [-0.3, -0.25) is 0 Å². The highest BCUT2D eigenvalue weighted by Crippen LogP contribution is 2.15. The number of aromatic nitrogens is 4. The summed E-state index contributed by atoms with van der Waals surface area (Å²) in [6.07, 6.45) is 5.71. The van der Waals surface area contributed by atoms with Gasteiger partial charge in [0.2, 0.25) is 0 Å². The van der Waals surface area contributed by atoms with Crippen molar-refractivity contribution in [2.45, 2.75) is 13.5 Å². The number of rotatable bonds is 4. The molecule has 3 heterocycles. The summed E-state index contributed by atoms with van der Waals surface area (Å²) in [7, 11) is 0. The summed E-state index contributed by atoms with van der Waals surface area (Å²) in [4.78, 5) is 4.63. The van der Waals surface area contributed by atoms with Gasteiger partial charge in [-0.2, -0.15) is 5.10 Å². The maximum absolute atomic E-state index is 4.63. The highest BCUT2D eigenvalue weighted by Gasteiger charge is 2.12. The van der Waals surface area contributed by atoms with Crippen LogP contribution in [0.1, 0.15) is 12.6 Å². The van der Waals surface area contributed by atoms with Crippen LogP contribution in [-0.4, -0.2) is 25.7 Å². The lowest BCUT2D eigenvalue weighted by Gasteiger charge is -2.05. The van der Waals surface area contributed by atoms with Gasteiger partial charge in [-0.25, -0.2) is 9.67 Å². The third-order valence-corrected chi connectivity index (χ3v) is 2.87. The van der Waals surface area contributed by atoms with E-state index in [4.69, 9.17) is 0 Å². The van der Waals surface area contributed by atoms with E-state index in [2.05, 4.69) is 26.7 Å². The predicted molar refractivity (Wildman–Crippen MR) is 69.7 cm³/mol. The van der Waals surface area contributed by atoms with Crippen LogP contribution in [-0.2, 0) is 6.54 Å². The van der Waals surface area contributed by atoms with E-state index in [0.29, 0.717) is 0 Å². The molecular formula is C13H15N5. The fraction of sp³-hybridized carbons (Fsp3) is 0.231. The molecule has 3 aromatic heterocycles. The van der Waals surface area contributed by atoms with Crippen molar-refractivity contribution < 1.29 is 0 Å². The standard InChI is InChI=1S/C13H15N5/c1-2-14-10-11-13(18-9-5-7-15-18)16-12-6-3-4-8-17(11)12/h3-9,14H,2,10H2,1H3. The minimum atomic E-state index is 0.775. The molecule has 0 aliphatic rings. The Morgan fingerprint density at radius 3 is 2.94 bits per heavy atom. The molecule has 0 saturated carbocycles. The van der Waals surface area contributed by atoms with Gasteiger partial charge in [0, 0.05) is 25.1 Å². The van der Waals surface area contributed by atoms with Crippen molar-refractivity contribution in [1.29, 1.82) is 0 Å². The molecule has 0 radical (unpaired) electrons. The van der Waals surface area contributed by atoms with Crippen molar-refractivity contribution in [3.8, 4) is 5.82 Å². The molecule has 0 fully saturated rings. The van der Waals surface area contributed by atoms with Gasteiger partial charge < -0.3 is 9.72 Å². The van der Waals surface area contributed by atoms with E-state index in [1.807, 2.05) is 36.7 Å². The van der Waals surface area contributed by atoms with E-state index in [1.54, 1.807) is 10.9 Å². The maximum atomic E-state index is 4.63. The maximum Gasteiger partial charge on any atom is 0.176 e. The predicted octanol–water partition coefficient (Wildman–Crippen LogP) is 1.63. The summed E-state index contributed by atoms with van der Waals surface area (Å²) in [5, 5.41) is 7.61. The Morgan fingerprint density at radius 1 is 1.22 bits per heavy atom. The van der Waals surface area contributed by atoms with E-state index in [1.165, 1.54) is 0 Å². The molecule has 18 heavy (non-hydrogen) atoms. The topological polar surface area (TPSA) is 47.2 Å². The monoisotopic (exact) mass is 241 g/mol. The molecule has 0 aliphatic heterocycles. The van der Waals surface area contributed by atoms with E-state index in [9.17, 15) is 0 Å². The first-order valence-electron chi connectivity index (χ1n) is 6.07. The molecule has 5 heteroatoms. The molecule has 0 aliphatic carbocycles. The number of fused-ring (bicyclic) bond motifs is 1. The quantitative estimate of drug-likeness (QED) is 0.755. The van der Waals surface area contributed by atoms with Crippen molar-refractivity contribution in [2.24, 2.45) is 0 Å². The van der Waals surface area contributed by atoms with Crippen LogP contribution in [0.4, 0.5) is 0 Å². The van der Waals surface area contributed by atoms with Crippen LogP contribution >= 0.6 is 0 Å². The van der Waals surface area contributed by atoms with Gasteiger partial charge in [0.15, 0.2) is 5.82 Å². The van der Waals surface area contributed by atoms with Gasteiger partial charge in [-0.15, -0.1) is 0 Å². The Kier molecular flexibility index (Phi) is 2.82. The summed E-state index contributed by atoms with van der Waals surface area (Å²) in [5.74, 6) is 0.882. The first-order chi connectivity index (χ1) is 8.90. The number of hydrogen-bond acceptors (Lipinski definition) is 3. The average molecular weight is 241 g/mol. The molecule has 0 amide bonds. The minimum absolute atomic E-state index is 0.775. The molecule has 0 saturated heterocycles. The molecule has 0 aromatic carbocycles. The second-order valence-electron chi connectivity index (χ2n) is 4.04. The molecular weight excluding hydrogens is 226 g/mol. The van der Waals surface area contributed by atoms with Crippen molar-refractivity contribution in [3.63, 3.8) is 0 Å². The van der Waals surface area contributed by atoms with Crippen LogP contribution in [0.3, 0.4) is 0 Å². The van der Waals surface area contributed by atoms with Crippen LogP contribution in [0.25, 0.3) is 11.5 Å². The van der Waals surface area contributed by atoms with Gasteiger partial charge in [0.1, 0.15) is 5.65 Å². The smallest absolute Gasteiger partial charge is 0.176 e. The van der Waals surface area contributed by atoms with Crippen LogP contribution in [0.15, 0.2) is 42.9 Å². The van der Waals surface area contributed by atoms with Gasteiger partial charge >= 0.3 is 0 Å². The number of nitrogens with zero attached hydrogens (tertiary/aromatic N) is 4. The molecule has 0 atom stereocenters. The third kappa shape index (κ3) is 1.78. The van der Waals surface area contributed by atoms with Crippen LogP contribution in [0, 0.1) is 0 Å². The van der Waals surface area contributed by atoms with Gasteiger partial charge in [-0.05, 0) is 24.7 Å². The second kappa shape index (κ2) is 4.62. The van der Waals surface area contributed by atoms with Crippen LogP contribution in [0.2, 0.25) is 0 Å². The van der Waals surface area contributed by atoms with Crippen LogP contribution in [0.5, 0.6) is 0 Å². The molecule has 3 rings (SSSR count). The first-order valence-corrected chi connectivity index (χ1v) is 6.07. The lowest BCUT2D eigenvalue weighted by Crippen LogP contribution is -2.15. The van der Waals surface area contributed by atoms with E-state index < -0.39 is 0 Å². The summed E-state index contributed by atoms with van der Waals surface area (Å²) < 4.78 is 3.90. The SMILES string of the molecule is CCNCc1c(-n2cccn2)nc2ccccn12. The molecule has 92 valence electrons. The molecule has 1 N–H and O–H groups in total. The number of hydrogen-bond donors (Lipinski definition) is 1. The number of pyridine rings is 1. The second-order valence-corrected chi connectivity index (χ2v) is 4.04. The Hall–Kier alpha value is -2.14. The van der Waals surface area contributed by atoms with E-state index >= 15 is 0 Å². The number of imidazole rings is 1. The highest BCUT2D eigenvalue weighted by molar-refractivity contribution is 5.48. The summed E-state index contributed by atoms with van der Waals surface area (Å²) >= 11 is 0. The third-order valence-electron chi connectivity index (χ3n) is 2.87. The van der Waals surface area contributed by atoms with Crippen LogP contribution < -0.4 is 5.32 Å². The van der Waals surface area contributed by atoms with E-state index in [0.717, 1.165) is 30.2 Å². The fourth-order valence-electron chi connectivity index (χ4n) is 2.02. The average Bonchev–Trinajstić information content (AvgIpc) is 3.03. The van der Waals surface area contributed by atoms with Gasteiger partial charge in [0.05, 0.1) is 5.69 Å². The zero-order chi connectivity index (χ0) is 12.4. The van der Waals surface area contributed by atoms with Crippen molar-refractivity contribution in [1.82, 2.24) is 24.5 Å². The van der Waals surface area contributed by atoms with Gasteiger partial charge in [0.25, 0.3) is 0 Å². The van der Waals surface area contributed by atoms with Crippen molar-refractivity contribution in [2.75, 3.05) is 6.54 Å². The normalized spacial score (nSPS) is 11.2. The fourth-order valence-corrected chi connectivity index (χ4v) is 2.02. The Balaban J connectivity index is 2.17. The summed E-state index contributed by atoms with van der Waals surface area (Å²) in [6, 6.07) is 7.91. The molecule has 5 nitrogen and oxygen atoms in total. The van der Waals surface area contributed by atoms with Crippen molar-refractivity contribution in [3.05, 3.63) is 48.5 Å². The van der Waals surface area contributed by atoms with E-state index in [-0.39, 0.29) is 0 Å². The lowest BCUT2D eigenvalue weighted by molar-refractivity contribution is 0.694.